The van der Waals surface area contributed by atoms with Crippen LogP contribution in [0.1, 0.15) is 13.3 Å². The summed E-state index contributed by atoms with van der Waals surface area (Å²) >= 11 is 0. The number of esters is 1. The Hall–Kier alpha value is -1.34. The van der Waals surface area contributed by atoms with Gasteiger partial charge in [0.15, 0.2) is 0 Å². The molecule has 2 amide bonds. The molecule has 0 aliphatic rings. The van der Waals surface area contributed by atoms with Gasteiger partial charge in [-0.3, -0.25) is 4.79 Å². The Labute approximate surface area is 100 Å². The fourth-order valence-electron chi connectivity index (χ4n) is 1.09. The number of amides is 2. The highest BCUT2D eigenvalue weighted by molar-refractivity contribution is 5.74. The normalized spacial score (nSPS) is 9.82. The molecular weight excluding hydrogens is 228 g/mol. The summed E-state index contributed by atoms with van der Waals surface area (Å²) in [6.07, 6.45) is 0.301. The van der Waals surface area contributed by atoms with E-state index in [1.54, 1.807) is 6.92 Å². The van der Waals surface area contributed by atoms with Crippen molar-refractivity contribution in [2.75, 3.05) is 39.5 Å². The van der Waals surface area contributed by atoms with Gasteiger partial charge in [0, 0.05) is 19.5 Å². The smallest absolute Gasteiger partial charge is 0.317 e. The Kier molecular flexibility index (Phi) is 9.08. The van der Waals surface area contributed by atoms with E-state index >= 15 is 0 Å². The van der Waals surface area contributed by atoms with Gasteiger partial charge in [-0.2, -0.15) is 0 Å². The molecule has 0 rings (SSSR count). The first-order valence-corrected chi connectivity index (χ1v) is 5.55. The molecule has 0 saturated carbocycles. The summed E-state index contributed by atoms with van der Waals surface area (Å²) in [4.78, 5) is 23.6. The molecule has 17 heavy (non-hydrogen) atoms. The van der Waals surface area contributed by atoms with Crippen LogP contribution in [0.5, 0.6) is 0 Å². The zero-order valence-corrected chi connectivity index (χ0v) is 10.0. The van der Waals surface area contributed by atoms with Gasteiger partial charge in [0.2, 0.25) is 0 Å². The molecule has 0 aromatic heterocycles. The number of aliphatic hydroxyl groups is 2. The lowest BCUT2D eigenvalue weighted by atomic mass is 10.5. The number of carbonyl (C=O) groups is 2. The van der Waals surface area contributed by atoms with Crippen LogP contribution in [0, 0.1) is 0 Å². The van der Waals surface area contributed by atoms with Gasteiger partial charge in [0.25, 0.3) is 0 Å². The minimum absolute atomic E-state index is 0.116. The number of hydrogen-bond donors (Lipinski definition) is 3. The Morgan fingerprint density at radius 1 is 1.24 bits per heavy atom. The molecule has 0 heterocycles. The molecule has 0 aromatic rings. The lowest BCUT2D eigenvalue weighted by Crippen LogP contribution is -2.44. The fraction of sp³-hybridized carbons (Fsp3) is 0.800. The van der Waals surface area contributed by atoms with Gasteiger partial charge in [0.05, 0.1) is 19.8 Å². The molecule has 7 nitrogen and oxygen atoms in total. The Bertz CT molecular complexity index is 229. The maximum absolute atomic E-state index is 11.5. The fourth-order valence-corrected chi connectivity index (χ4v) is 1.09. The van der Waals surface area contributed by atoms with Crippen LogP contribution in [-0.2, 0) is 9.53 Å². The lowest BCUT2D eigenvalue weighted by molar-refractivity contribution is -0.143. The summed E-state index contributed by atoms with van der Waals surface area (Å²) in [6.45, 7) is 1.98. The third-order valence-electron chi connectivity index (χ3n) is 1.96. The van der Waals surface area contributed by atoms with E-state index in [0.717, 1.165) is 0 Å². The SMILES string of the molecule is CCC(=O)OCCNC(=O)N(CCO)CCO. The van der Waals surface area contributed by atoms with Crippen molar-refractivity contribution in [3.63, 3.8) is 0 Å². The van der Waals surface area contributed by atoms with Gasteiger partial charge in [-0.05, 0) is 0 Å². The second kappa shape index (κ2) is 9.86. The van der Waals surface area contributed by atoms with E-state index in [-0.39, 0.29) is 45.4 Å². The maximum atomic E-state index is 11.5. The lowest BCUT2D eigenvalue weighted by Gasteiger charge is -2.20. The summed E-state index contributed by atoms with van der Waals surface area (Å²) in [5.41, 5.74) is 0. The molecule has 0 fully saturated rings. The van der Waals surface area contributed by atoms with Crippen molar-refractivity contribution >= 4 is 12.0 Å². The third kappa shape index (κ3) is 7.53. The van der Waals surface area contributed by atoms with Gasteiger partial charge >= 0.3 is 12.0 Å². The molecule has 0 aliphatic heterocycles. The van der Waals surface area contributed by atoms with E-state index in [1.165, 1.54) is 4.90 Å². The van der Waals surface area contributed by atoms with Crippen LogP contribution in [-0.4, -0.2) is 66.6 Å². The molecule has 100 valence electrons. The summed E-state index contributed by atoms with van der Waals surface area (Å²) in [7, 11) is 0. The number of urea groups is 1. The average molecular weight is 248 g/mol. The van der Waals surface area contributed by atoms with Crippen LogP contribution >= 0.6 is 0 Å². The number of carbonyl (C=O) groups excluding carboxylic acids is 2. The Morgan fingerprint density at radius 3 is 2.29 bits per heavy atom. The van der Waals surface area contributed by atoms with E-state index in [2.05, 4.69) is 5.32 Å². The van der Waals surface area contributed by atoms with Crippen LogP contribution < -0.4 is 5.32 Å². The summed E-state index contributed by atoms with van der Waals surface area (Å²) in [5.74, 6) is -0.318. The molecule has 3 N–H and O–H groups in total. The predicted octanol–water partition coefficient (Wildman–Crippen LogP) is -1.06. The largest absolute Gasteiger partial charge is 0.464 e. The van der Waals surface area contributed by atoms with Crippen molar-refractivity contribution in [1.29, 1.82) is 0 Å². The second-order valence-electron chi connectivity index (χ2n) is 3.24. The van der Waals surface area contributed by atoms with Crippen molar-refractivity contribution in [2.45, 2.75) is 13.3 Å². The summed E-state index contributed by atoms with van der Waals surface area (Å²) in [6, 6.07) is -0.402. The van der Waals surface area contributed by atoms with Crippen LogP contribution in [0.4, 0.5) is 4.79 Å². The average Bonchev–Trinajstić information content (AvgIpc) is 2.33. The molecule has 0 spiro atoms. The molecule has 0 atom stereocenters. The van der Waals surface area contributed by atoms with E-state index < -0.39 is 6.03 Å². The van der Waals surface area contributed by atoms with Crippen LogP contribution in [0.15, 0.2) is 0 Å². The van der Waals surface area contributed by atoms with E-state index in [1.807, 2.05) is 0 Å². The first-order valence-electron chi connectivity index (χ1n) is 5.55. The van der Waals surface area contributed by atoms with Gasteiger partial charge in [-0.1, -0.05) is 6.92 Å². The second-order valence-corrected chi connectivity index (χ2v) is 3.24. The number of aliphatic hydroxyl groups excluding tert-OH is 2. The zero-order chi connectivity index (χ0) is 13.1. The van der Waals surface area contributed by atoms with Crippen molar-refractivity contribution < 1.29 is 24.5 Å². The first-order chi connectivity index (χ1) is 8.15. The number of ether oxygens (including phenoxy) is 1. The van der Waals surface area contributed by atoms with E-state index in [9.17, 15) is 9.59 Å². The van der Waals surface area contributed by atoms with Crippen LogP contribution in [0.2, 0.25) is 0 Å². The molecule has 0 unspecified atom stereocenters. The quantitative estimate of drug-likeness (QED) is 0.375. The highest BCUT2D eigenvalue weighted by Crippen LogP contribution is 1.89. The number of hydrogen-bond acceptors (Lipinski definition) is 5. The number of rotatable bonds is 8. The maximum Gasteiger partial charge on any atom is 0.317 e. The first kappa shape index (κ1) is 15.7. The minimum atomic E-state index is -0.402. The topological polar surface area (TPSA) is 99.1 Å². The van der Waals surface area contributed by atoms with Gasteiger partial charge < -0.3 is 25.2 Å². The number of nitrogens with zero attached hydrogens (tertiary/aromatic N) is 1. The van der Waals surface area contributed by atoms with Crippen molar-refractivity contribution in [3.8, 4) is 0 Å². The van der Waals surface area contributed by atoms with Crippen molar-refractivity contribution in [2.24, 2.45) is 0 Å². The van der Waals surface area contributed by atoms with Gasteiger partial charge in [0.1, 0.15) is 6.61 Å². The molecule has 0 bridgehead atoms. The Balaban J connectivity index is 3.77. The molecule has 0 aliphatic carbocycles. The number of nitrogens with one attached hydrogen (secondary N) is 1. The monoisotopic (exact) mass is 248 g/mol. The van der Waals surface area contributed by atoms with Crippen molar-refractivity contribution in [1.82, 2.24) is 10.2 Å². The highest BCUT2D eigenvalue weighted by atomic mass is 16.5. The highest BCUT2D eigenvalue weighted by Gasteiger charge is 2.11. The zero-order valence-electron chi connectivity index (χ0n) is 10.0. The Morgan fingerprint density at radius 2 is 1.82 bits per heavy atom. The summed E-state index contributed by atoms with van der Waals surface area (Å²) in [5, 5.41) is 20.0. The standard InChI is InChI=1S/C10H20N2O5/c1-2-9(15)17-8-3-11-10(16)12(4-6-13)5-7-14/h13-14H,2-8H2,1H3,(H,11,16). The molecule has 7 heteroatoms. The predicted molar refractivity (Wildman–Crippen MR) is 60.4 cm³/mol. The summed E-state index contributed by atoms with van der Waals surface area (Å²) < 4.78 is 4.77. The molecule has 0 radical (unpaired) electrons. The molecule has 0 saturated heterocycles. The minimum Gasteiger partial charge on any atom is -0.464 e. The van der Waals surface area contributed by atoms with Crippen LogP contribution in [0.3, 0.4) is 0 Å². The third-order valence-corrected chi connectivity index (χ3v) is 1.96. The van der Waals surface area contributed by atoms with Gasteiger partial charge in [-0.25, -0.2) is 4.79 Å². The molecular formula is C10H20N2O5. The van der Waals surface area contributed by atoms with E-state index in [0.29, 0.717) is 6.42 Å². The van der Waals surface area contributed by atoms with Crippen LogP contribution in [0.25, 0.3) is 0 Å². The molecule has 0 aromatic carbocycles. The van der Waals surface area contributed by atoms with E-state index in [4.69, 9.17) is 14.9 Å². The van der Waals surface area contributed by atoms with Gasteiger partial charge in [-0.15, -0.1) is 0 Å². The van der Waals surface area contributed by atoms with Crippen molar-refractivity contribution in [3.05, 3.63) is 0 Å².